The van der Waals surface area contributed by atoms with Crippen molar-refractivity contribution >= 4 is 17.7 Å². The van der Waals surface area contributed by atoms with E-state index in [4.69, 9.17) is 4.74 Å². The summed E-state index contributed by atoms with van der Waals surface area (Å²) in [5, 5.41) is 2.89. The minimum absolute atomic E-state index is 0.0923. The smallest absolute Gasteiger partial charge is 0.244 e. The van der Waals surface area contributed by atoms with Gasteiger partial charge in [-0.15, -0.1) is 0 Å². The van der Waals surface area contributed by atoms with E-state index in [0.29, 0.717) is 13.2 Å². The third-order valence-electron chi connectivity index (χ3n) is 3.56. The van der Waals surface area contributed by atoms with Gasteiger partial charge in [0.25, 0.3) is 0 Å². The van der Waals surface area contributed by atoms with Crippen molar-refractivity contribution < 1.29 is 9.53 Å². The standard InChI is InChI=1S/C20H24N2O2/c1-3-24-19-12-9-17(10-13-19)11-14-20(23)21-15-16-22(2)18-7-5-4-6-8-18/h4-14H,3,15-16H2,1-2H3,(H,21,23)/b14-11+. The summed E-state index contributed by atoms with van der Waals surface area (Å²) >= 11 is 0. The SMILES string of the molecule is CCOc1ccc(/C=C/C(=O)NCCN(C)c2ccccc2)cc1. The van der Waals surface area contributed by atoms with Gasteiger partial charge >= 0.3 is 0 Å². The van der Waals surface area contributed by atoms with E-state index >= 15 is 0 Å². The Kier molecular flexibility index (Phi) is 6.90. The van der Waals surface area contributed by atoms with Crippen molar-refractivity contribution in [3.63, 3.8) is 0 Å². The van der Waals surface area contributed by atoms with Crippen LogP contribution in [0.1, 0.15) is 12.5 Å². The van der Waals surface area contributed by atoms with Crippen LogP contribution in [-0.4, -0.2) is 32.7 Å². The molecule has 2 aromatic rings. The molecule has 0 aliphatic carbocycles. The average molecular weight is 324 g/mol. The summed E-state index contributed by atoms with van der Waals surface area (Å²) < 4.78 is 5.39. The van der Waals surface area contributed by atoms with Gasteiger partial charge in [-0.05, 0) is 42.8 Å². The molecule has 0 radical (unpaired) electrons. The molecule has 0 aliphatic rings. The number of carbonyl (C=O) groups is 1. The Morgan fingerprint density at radius 1 is 1.12 bits per heavy atom. The number of carbonyl (C=O) groups excluding carboxylic acids is 1. The number of anilines is 1. The monoisotopic (exact) mass is 324 g/mol. The lowest BCUT2D eigenvalue weighted by molar-refractivity contribution is -0.116. The highest BCUT2D eigenvalue weighted by molar-refractivity contribution is 5.91. The van der Waals surface area contributed by atoms with Crippen LogP contribution in [0.2, 0.25) is 0 Å². The number of nitrogens with zero attached hydrogens (tertiary/aromatic N) is 1. The zero-order valence-corrected chi connectivity index (χ0v) is 14.2. The van der Waals surface area contributed by atoms with Crippen LogP contribution < -0.4 is 15.0 Å². The first-order valence-corrected chi connectivity index (χ1v) is 8.14. The molecule has 4 nitrogen and oxygen atoms in total. The summed E-state index contributed by atoms with van der Waals surface area (Å²) in [6.07, 6.45) is 3.35. The number of ether oxygens (including phenoxy) is 1. The Labute approximate surface area is 143 Å². The van der Waals surface area contributed by atoms with Crippen molar-refractivity contribution in [2.45, 2.75) is 6.92 Å². The number of para-hydroxylation sites is 1. The molecule has 1 N–H and O–H groups in total. The van der Waals surface area contributed by atoms with E-state index in [1.807, 2.05) is 68.6 Å². The van der Waals surface area contributed by atoms with Crippen molar-refractivity contribution in [2.24, 2.45) is 0 Å². The molecule has 0 fully saturated rings. The van der Waals surface area contributed by atoms with Crippen molar-refractivity contribution in [3.05, 3.63) is 66.2 Å². The fourth-order valence-electron chi connectivity index (χ4n) is 2.23. The molecule has 0 saturated carbocycles. The number of hydrogen-bond acceptors (Lipinski definition) is 3. The summed E-state index contributed by atoms with van der Waals surface area (Å²) in [7, 11) is 2.01. The second-order valence-corrected chi connectivity index (χ2v) is 5.38. The molecular formula is C20H24N2O2. The highest BCUT2D eigenvalue weighted by atomic mass is 16.5. The number of rotatable bonds is 8. The topological polar surface area (TPSA) is 41.6 Å². The highest BCUT2D eigenvalue weighted by Gasteiger charge is 2.00. The molecule has 2 aromatic carbocycles. The van der Waals surface area contributed by atoms with Crippen LogP contribution in [0.5, 0.6) is 5.75 Å². The average Bonchev–Trinajstić information content (AvgIpc) is 2.62. The molecule has 0 unspecified atom stereocenters. The fourth-order valence-corrected chi connectivity index (χ4v) is 2.23. The van der Waals surface area contributed by atoms with Crippen LogP contribution in [0.3, 0.4) is 0 Å². The van der Waals surface area contributed by atoms with E-state index in [1.165, 1.54) is 0 Å². The second kappa shape index (κ2) is 9.40. The Hall–Kier alpha value is -2.75. The molecule has 0 aromatic heterocycles. The van der Waals surface area contributed by atoms with Crippen molar-refractivity contribution in [1.29, 1.82) is 0 Å². The first-order chi connectivity index (χ1) is 11.7. The van der Waals surface area contributed by atoms with Gasteiger partial charge in [0.2, 0.25) is 5.91 Å². The fraction of sp³-hybridized carbons (Fsp3) is 0.250. The predicted molar refractivity (Wildman–Crippen MR) is 99.4 cm³/mol. The molecule has 4 heteroatoms. The molecule has 2 rings (SSSR count). The van der Waals surface area contributed by atoms with Gasteiger partial charge in [-0.3, -0.25) is 4.79 Å². The van der Waals surface area contributed by atoms with Gasteiger partial charge in [-0.1, -0.05) is 30.3 Å². The van der Waals surface area contributed by atoms with Gasteiger partial charge in [-0.2, -0.15) is 0 Å². The van der Waals surface area contributed by atoms with Crippen LogP contribution in [0.4, 0.5) is 5.69 Å². The van der Waals surface area contributed by atoms with Crippen LogP contribution in [0, 0.1) is 0 Å². The molecule has 126 valence electrons. The second-order valence-electron chi connectivity index (χ2n) is 5.38. The van der Waals surface area contributed by atoms with Crippen molar-refractivity contribution in [1.82, 2.24) is 5.32 Å². The number of benzene rings is 2. The van der Waals surface area contributed by atoms with E-state index in [0.717, 1.165) is 23.5 Å². The Morgan fingerprint density at radius 2 is 1.83 bits per heavy atom. The molecule has 0 bridgehead atoms. The largest absolute Gasteiger partial charge is 0.494 e. The van der Waals surface area contributed by atoms with Crippen molar-refractivity contribution in [3.8, 4) is 5.75 Å². The zero-order valence-electron chi connectivity index (χ0n) is 14.2. The summed E-state index contributed by atoms with van der Waals surface area (Å²) in [5.74, 6) is 0.744. The Bertz CT molecular complexity index is 651. The predicted octanol–water partition coefficient (Wildman–Crippen LogP) is 3.35. The number of amides is 1. The molecule has 24 heavy (non-hydrogen) atoms. The van der Waals surface area contributed by atoms with Crippen LogP contribution in [0.15, 0.2) is 60.7 Å². The molecule has 0 spiro atoms. The van der Waals surface area contributed by atoms with Gasteiger partial charge in [0.1, 0.15) is 5.75 Å². The molecule has 0 atom stereocenters. The summed E-state index contributed by atoms with van der Waals surface area (Å²) in [4.78, 5) is 14.0. The van der Waals surface area contributed by atoms with Gasteiger partial charge in [-0.25, -0.2) is 0 Å². The maximum absolute atomic E-state index is 11.9. The minimum atomic E-state index is -0.0923. The Morgan fingerprint density at radius 3 is 2.50 bits per heavy atom. The van der Waals surface area contributed by atoms with Gasteiger partial charge < -0.3 is 15.0 Å². The first-order valence-electron chi connectivity index (χ1n) is 8.14. The molecule has 0 saturated heterocycles. The number of nitrogens with one attached hydrogen (secondary N) is 1. The zero-order chi connectivity index (χ0) is 17.2. The third-order valence-corrected chi connectivity index (χ3v) is 3.56. The van der Waals surface area contributed by atoms with Gasteiger partial charge in [0.15, 0.2) is 0 Å². The Balaban J connectivity index is 1.74. The van der Waals surface area contributed by atoms with Gasteiger partial charge in [0.05, 0.1) is 6.61 Å². The maximum Gasteiger partial charge on any atom is 0.244 e. The summed E-state index contributed by atoms with van der Waals surface area (Å²) in [6, 6.07) is 17.8. The van der Waals surface area contributed by atoms with Crippen LogP contribution in [-0.2, 0) is 4.79 Å². The van der Waals surface area contributed by atoms with E-state index < -0.39 is 0 Å². The van der Waals surface area contributed by atoms with Crippen LogP contribution in [0.25, 0.3) is 6.08 Å². The highest BCUT2D eigenvalue weighted by Crippen LogP contribution is 2.13. The summed E-state index contributed by atoms with van der Waals surface area (Å²) in [6.45, 7) is 3.95. The van der Waals surface area contributed by atoms with Crippen LogP contribution >= 0.6 is 0 Å². The molecule has 0 heterocycles. The number of hydrogen-bond donors (Lipinski definition) is 1. The summed E-state index contributed by atoms with van der Waals surface area (Å²) in [5.41, 5.74) is 2.10. The van der Waals surface area contributed by atoms with E-state index in [9.17, 15) is 4.79 Å². The lowest BCUT2D eigenvalue weighted by Crippen LogP contribution is -2.31. The van der Waals surface area contributed by atoms with E-state index in [-0.39, 0.29) is 5.91 Å². The molecule has 0 aliphatic heterocycles. The normalized spacial score (nSPS) is 10.6. The maximum atomic E-state index is 11.9. The number of likely N-dealkylation sites (N-methyl/N-ethyl adjacent to an activating group) is 1. The van der Waals surface area contributed by atoms with E-state index in [1.54, 1.807) is 12.2 Å². The van der Waals surface area contributed by atoms with Crippen molar-refractivity contribution in [2.75, 3.05) is 31.6 Å². The first kappa shape index (κ1) is 17.6. The van der Waals surface area contributed by atoms with Gasteiger partial charge in [0, 0.05) is 31.9 Å². The lowest BCUT2D eigenvalue weighted by atomic mass is 10.2. The molecular weight excluding hydrogens is 300 g/mol. The minimum Gasteiger partial charge on any atom is -0.494 e. The lowest BCUT2D eigenvalue weighted by Gasteiger charge is -2.19. The third kappa shape index (κ3) is 5.80. The quantitative estimate of drug-likeness (QED) is 0.757. The van der Waals surface area contributed by atoms with E-state index in [2.05, 4.69) is 10.2 Å². The molecule has 1 amide bonds.